The van der Waals surface area contributed by atoms with Gasteiger partial charge in [0.25, 0.3) is 0 Å². The predicted molar refractivity (Wildman–Crippen MR) is 102 cm³/mol. The normalized spacial score (nSPS) is 20.1. The molecule has 0 bridgehead atoms. The van der Waals surface area contributed by atoms with Gasteiger partial charge in [-0.25, -0.2) is 4.79 Å². The number of carbonyl (C=O) groups is 2. The van der Waals surface area contributed by atoms with Crippen molar-refractivity contribution in [3.8, 4) is 0 Å². The minimum absolute atomic E-state index is 0.0638. The number of carbonyl (C=O) groups excluding carboxylic acids is 2. The summed E-state index contributed by atoms with van der Waals surface area (Å²) in [5, 5.41) is 3.80. The molecule has 2 saturated heterocycles. The molecule has 0 aliphatic carbocycles. The number of nitrogens with two attached hydrogens (primary N) is 1. The Morgan fingerprint density at radius 3 is 2.31 bits per heavy atom. The first-order valence-corrected chi connectivity index (χ1v) is 9.74. The number of hydrogen-bond donors (Lipinski definition) is 2. The molecule has 0 saturated carbocycles. The van der Waals surface area contributed by atoms with Crippen molar-refractivity contribution in [2.24, 2.45) is 11.7 Å². The molecule has 2 heterocycles. The first kappa shape index (κ1) is 19.0. The Labute approximate surface area is 159 Å². The zero-order valence-corrected chi connectivity index (χ0v) is 15.8. The lowest BCUT2D eigenvalue weighted by molar-refractivity contribution is -0.123. The topological polar surface area (TPSA) is 78.7 Å². The van der Waals surface area contributed by atoms with Gasteiger partial charge in [0.1, 0.15) is 0 Å². The van der Waals surface area contributed by atoms with Crippen molar-refractivity contribution < 1.29 is 9.59 Å². The number of likely N-dealkylation sites (tertiary alicyclic amines) is 2. The van der Waals surface area contributed by atoms with E-state index in [4.69, 9.17) is 17.3 Å². The lowest BCUT2D eigenvalue weighted by Crippen LogP contribution is -2.48. The second-order valence-corrected chi connectivity index (χ2v) is 7.60. The third-order valence-corrected chi connectivity index (χ3v) is 5.72. The third-order valence-electron chi connectivity index (χ3n) is 5.47. The molecular formula is C19H27ClN4O2. The van der Waals surface area contributed by atoms with E-state index in [0.717, 1.165) is 18.1 Å². The molecule has 6 nitrogen and oxygen atoms in total. The molecule has 2 aliphatic heterocycles. The first-order valence-electron chi connectivity index (χ1n) is 9.36. The van der Waals surface area contributed by atoms with E-state index in [9.17, 15) is 9.59 Å². The largest absolute Gasteiger partial charge is 0.369 e. The SMILES string of the molecule is NC(=O)C1CCN(C(=O)NC[C@H](c2ccc(Cl)cc2)N2CCCC2)CC1. The van der Waals surface area contributed by atoms with E-state index in [1.165, 1.54) is 18.4 Å². The summed E-state index contributed by atoms with van der Waals surface area (Å²) in [5.74, 6) is -0.368. The fourth-order valence-electron chi connectivity index (χ4n) is 3.86. The zero-order chi connectivity index (χ0) is 18.5. The average Bonchev–Trinajstić information content (AvgIpc) is 3.17. The zero-order valence-electron chi connectivity index (χ0n) is 15.0. The number of nitrogens with zero attached hydrogens (tertiary/aromatic N) is 2. The molecule has 0 radical (unpaired) electrons. The summed E-state index contributed by atoms with van der Waals surface area (Å²) < 4.78 is 0. The highest BCUT2D eigenvalue weighted by Crippen LogP contribution is 2.26. The molecule has 0 unspecified atom stereocenters. The highest BCUT2D eigenvalue weighted by molar-refractivity contribution is 6.30. The van der Waals surface area contributed by atoms with Crippen LogP contribution >= 0.6 is 11.6 Å². The molecule has 0 spiro atoms. The second kappa shape index (κ2) is 8.73. The van der Waals surface area contributed by atoms with Gasteiger partial charge in [-0.3, -0.25) is 9.69 Å². The maximum absolute atomic E-state index is 12.5. The van der Waals surface area contributed by atoms with Crippen molar-refractivity contribution in [1.29, 1.82) is 0 Å². The van der Waals surface area contributed by atoms with E-state index >= 15 is 0 Å². The van der Waals surface area contributed by atoms with Gasteiger partial charge >= 0.3 is 6.03 Å². The van der Waals surface area contributed by atoms with Gasteiger partial charge in [-0.15, -0.1) is 0 Å². The van der Waals surface area contributed by atoms with E-state index in [1.807, 2.05) is 24.3 Å². The highest BCUT2D eigenvalue weighted by atomic mass is 35.5. The molecule has 1 aromatic rings. The number of halogens is 1. The van der Waals surface area contributed by atoms with Gasteiger partial charge in [0.05, 0.1) is 6.04 Å². The Hall–Kier alpha value is -1.79. The van der Waals surface area contributed by atoms with Crippen LogP contribution in [0.2, 0.25) is 5.02 Å². The van der Waals surface area contributed by atoms with Crippen molar-refractivity contribution in [2.75, 3.05) is 32.7 Å². The van der Waals surface area contributed by atoms with Crippen molar-refractivity contribution in [3.63, 3.8) is 0 Å². The summed E-state index contributed by atoms with van der Waals surface area (Å²) in [7, 11) is 0. The second-order valence-electron chi connectivity index (χ2n) is 7.16. The van der Waals surface area contributed by atoms with E-state index in [-0.39, 0.29) is 23.9 Å². The molecule has 2 aliphatic rings. The number of amides is 3. The van der Waals surface area contributed by atoms with Gasteiger partial charge in [-0.1, -0.05) is 23.7 Å². The fraction of sp³-hybridized carbons (Fsp3) is 0.579. The van der Waals surface area contributed by atoms with Gasteiger partial charge in [-0.05, 0) is 56.5 Å². The highest BCUT2D eigenvalue weighted by Gasteiger charge is 2.28. The lowest BCUT2D eigenvalue weighted by Gasteiger charge is -2.32. The van der Waals surface area contributed by atoms with E-state index < -0.39 is 0 Å². The summed E-state index contributed by atoms with van der Waals surface area (Å²) in [5.41, 5.74) is 6.53. The molecule has 1 aromatic carbocycles. The fourth-order valence-corrected chi connectivity index (χ4v) is 3.98. The molecule has 26 heavy (non-hydrogen) atoms. The van der Waals surface area contributed by atoms with E-state index in [0.29, 0.717) is 32.5 Å². The van der Waals surface area contributed by atoms with Crippen LogP contribution in [0, 0.1) is 5.92 Å². The average molecular weight is 379 g/mol. The summed E-state index contributed by atoms with van der Waals surface area (Å²) in [6.45, 7) is 3.82. The van der Waals surface area contributed by atoms with Crippen molar-refractivity contribution >= 4 is 23.5 Å². The van der Waals surface area contributed by atoms with Crippen LogP contribution in [0.15, 0.2) is 24.3 Å². The molecule has 142 valence electrons. The van der Waals surface area contributed by atoms with Gasteiger partial charge in [0, 0.05) is 30.6 Å². The number of urea groups is 1. The first-order chi connectivity index (χ1) is 12.5. The summed E-state index contributed by atoms with van der Waals surface area (Å²) >= 11 is 6.02. The number of primary amides is 1. The van der Waals surface area contributed by atoms with Crippen LogP contribution in [0.25, 0.3) is 0 Å². The van der Waals surface area contributed by atoms with Gasteiger partial charge < -0.3 is 16.0 Å². The van der Waals surface area contributed by atoms with Gasteiger partial charge in [-0.2, -0.15) is 0 Å². The van der Waals surface area contributed by atoms with Crippen molar-refractivity contribution in [2.45, 2.75) is 31.7 Å². The smallest absolute Gasteiger partial charge is 0.317 e. The van der Waals surface area contributed by atoms with Crippen LogP contribution in [-0.2, 0) is 4.79 Å². The third kappa shape index (κ3) is 4.68. The van der Waals surface area contributed by atoms with Gasteiger partial charge in [0.2, 0.25) is 5.91 Å². The minimum Gasteiger partial charge on any atom is -0.369 e. The molecule has 2 fully saturated rings. The Kier molecular flexibility index (Phi) is 6.38. The molecule has 3 amide bonds. The molecular weight excluding hydrogens is 352 g/mol. The standard InChI is InChI=1S/C19H27ClN4O2/c20-16-5-3-14(4-6-16)17(23-9-1-2-10-23)13-22-19(26)24-11-7-15(8-12-24)18(21)25/h3-6,15,17H,1-2,7-13H2,(H2,21,25)(H,22,26)/t17-/m1/s1. The van der Waals surface area contributed by atoms with E-state index in [2.05, 4.69) is 10.2 Å². The monoisotopic (exact) mass is 378 g/mol. The minimum atomic E-state index is -0.262. The van der Waals surface area contributed by atoms with Crippen LogP contribution in [0.3, 0.4) is 0 Å². The Morgan fingerprint density at radius 2 is 1.73 bits per heavy atom. The summed E-state index contributed by atoms with van der Waals surface area (Å²) in [4.78, 5) is 28.0. The van der Waals surface area contributed by atoms with Crippen LogP contribution < -0.4 is 11.1 Å². The van der Waals surface area contributed by atoms with Crippen LogP contribution in [-0.4, -0.2) is 54.5 Å². The Morgan fingerprint density at radius 1 is 1.12 bits per heavy atom. The summed E-state index contributed by atoms with van der Waals surface area (Å²) in [6.07, 6.45) is 3.68. The molecule has 0 aromatic heterocycles. The Bertz CT molecular complexity index is 623. The van der Waals surface area contributed by atoms with Crippen molar-refractivity contribution in [3.05, 3.63) is 34.9 Å². The van der Waals surface area contributed by atoms with Crippen LogP contribution in [0.1, 0.15) is 37.3 Å². The quantitative estimate of drug-likeness (QED) is 0.825. The number of piperidine rings is 1. The Balaban J connectivity index is 1.58. The number of rotatable bonds is 5. The maximum Gasteiger partial charge on any atom is 0.317 e. The van der Waals surface area contributed by atoms with Crippen LogP contribution in [0.5, 0.6) is 0 Å². The van der Waals surface area contributed by atoms with E-state index in [1.54, 1.807) is 4.90 Å². The lowest BCUT2D eigenvalue weighted by atomic mass is 9.96. The van der Waals surface area contributed by atoms with Crippen molar-refractivity contribution in [1.82, 2.24) is 15.1 Å². The van der Waals surface area contributed by atoms with Crippen LogP contribution in [0.4, 0.5) is 4.79 Å². The number of nitrogens with one attached hydrogen (secondary N) is 1. The van der Waals surface area contributed by atoms with Gasteiger partial charge in [0.15, 0.2) is 0 Å². The maximum atomic E-state index is 12.5. The number of benzene rings is 1. The molecule has 1 atom stereocenters. The molecule has 3 rings (SSSR count). The summed E-state index contributed by atoms with van der Waals surface area (Å²) in [6, 6.07) is 7.96. The molecule has 3 N–H and O–H groups in total. The molecule has 7 heteroatoms. The predicted octanol–water partition coefficient (Wildman–Crippen LogP) is 2.38. The number of hydrogen-bond acceptors (Lipinski definition) is 3.